The van der Waals surface area contributed by atoms with Gasteiger partial charge in [-0.15, -0.1) is 0 Å². The molecule has 0 aliphatic carbocycles. The van der Waals surface area contributed by atoms with Crippen LogP contribution in [0.25, 0.3) is 0 Å². The van der Waals surface area contributed by atoms with Crippen LogP contribution in [0.4, 0.5) is 4.79 Å². The van der Waals surface area contributed by atoms with Gasteiger partial charge in [0, 0.05) is 6.42 Å². The Balaban J connectivity index is 2.16. The Morgan fingerprint density at radius 3 is 2.46 bits per heavy atom. The van der Waals surface area contributed by atoms with Crippen LogP contribution in [0, 0.1) is 5.92 Å². The number of hydrogen-bond donors (Lipinski definition) is 2. The van der Waals surface area contributed by atoms with Crippen LogP contribution >= 0.6 is 0 Å². The third-order valence-corrected chi connectivity index (χ3v) is 3.90. The summed E-state index contributed by atoms with van der Waals surface area (Å²) in [6.07, 6.45) is -0.243. The molecule has 1 unspecified atom stereocenters. The van der Waals surface area contributed by atoms with E-state index in [0.29, 0.717) is 0 Å². The van der Waals surface area contributed by atoms with E-state index in [4.69, 9.17) is 4.74 Å². The Labute approximate surface area is 152 Å². The van der Waals surface area contributed by atoms with Crippen molar-refractivity contribution in [3.63, 3.8) is 0 Å². The highest BCUT2D eigenvalue weighted by Crippen LogP contribution is 2.18. The zero-order chi connectivity index (χ0) is 19.3. The summed E-state index contributed by atoms with van der Waals surface area (Å²) in [5, 5.41) is 4.75. The molecule has 1 aromatic rings. The van der Waals surface area contributed by atoms with Crippen LogP contribution in [0.15, 0.2) is 30.3 Å². The maximum absolute atomic E-state index is 12.9. The average molecular weight is 360 g/mol. The third-order valence-electron chi connectivity index (χ3n) is 3.90. The molecule has 26 heavy (non-hydrogen) atoms. The molecule has 1 aliphatic rings. The molecule has 1 saturated heterocycles. The number of ether oxygens (including phenoxy) is 1. The van der Waals surface area contributed by atoms with E-state index in [1.54, 1.807) is 20.8 Å². The third kappa shape index (κ3) is 5.68. The number of Topliss-reactive ketones (excluding diaryl/α,β-unsaturated/α-hetero) is 1. The van der Waals surface area contributed by atoms with Crippen LogP contribution in [-0.2, 0) is 25.5 Å². The highest BCUT2D eigenvalue weighted by molar-refractivity contribution is 6.11. The Hall–Kier alpha value is -2.70. The minimum Gasteiger partial charge on any atom is -0.444 e. The van der Waals surface area contributed by atoms with E-state index in [1.807, 2.05) is 30.3 Å². The highest BCUT2D eigenvalue weighted by atomic mass is 16.6. The second kappa shape index (κ2) is 8.12. The molecule has 7 heteroatoms. The van der Waals surface area contributed by atoms with Gasteiger partial charge >= 0.3 is 6.09 Å². The van der Waals surface area contributed by atoms with Crippen molar-refractivity contribution in [2.45, 2.75) is 51.7 Å². The van der Waals surface area contributed by atoms with Crippen molar-refractivity contribution < 1.29 is 23.9 Å². The van der Waals surface area contributed by atoms with Gasteiger partial charge in [-0.3, -0.25) is 19.7 Å². The molecule has 0 saturated carbocycles. The molecule has 2 N–H and O–H groups in total. The summed E-state index contributed by atoms with van der Waals surface area (Å²) >= 11 is 0. The van der Waals surface area contributed by atoms with Crippen molar-refractivity contribution in [2.75, 3.05) is 0 Å². The highest BCUT2D eigenvalue weighted by Gasteiger charge is 2.37. The molecule has 1 aliphatic heterocycles. The van der Waals surface area contributed by atoms with Crippen molar-refractivity contribution in [3.8, 4) is 0 Å². The van der Waals surface area contributed by atoms with Gasteiger partial charge < -0.3 is 10.1 Å². The molecule has 0 radical (unpaired) electrons. The Kier molecular flexibility index (Phi) is 6.13. The van der Waals surface area contributed by atoms with Gasteiger partial charge in [0.2, 0.25) is 11.8 Å². The van der Waals surface area contributed by atoms with Crippen LogP contribution in [0.1, 0.15) is 39.2 Å². The lowest BCUT2D eigenvalue weighted by Crippen LogP contribution is -2.52. The lowest BCUT2D eigenvalue weighted by atomic mass is 9.87. The van der Waals surface area contributed by atoms with Crippen molar-refractivity contribution in [1.29, 1.82) is 0 Å². The molecule has 140 valence electrons. The number of amides is 3. The standard InChI is InChI=1S/C19H24N2O5/c1-19(2,3)26-18(25)20-14(11-12-7-5-4-6-8-12)16(23)13-9-10-15(22)21-17(13)24/h4-8,13-14H,9-11H2,1-3H3,(H,20,25)(H,21,22,24)/t13?,14-/m0/s1. The Bertz CT molecular complexity index is 694. The number of benzene rings is 1. The molecule has 1 fully saturated rings. The van der Waals surface area contributed by atoms with Crippen LogP contribution < -0.4 is 10.6 Å². The number of piperidine rings is 1. The molecule has 2 atom stereocenters. The second-order valence-electron chi connectivity index (χ2n) is 7.29. The minimum atomic E-state index is -0.962. The SMILES string of the molecule is CC(C)(C)OC(=O)N[C@@H](Cc1ccccc1)C(=O)C1CCC(=O)NC1=O. The van der Waals surface area contributed by atoms with Crippen molar-refractivity contribution in [2.24, 2.45) is 5.92 Å². The number of imide groups is 1. The molecule has 0 aromatic heterocycles. The van der Waals surface area contributed by atoms with Gasteiger partial charge in [0.15, 0.2) is 5.78 Å². The topological polar surface area (TPSA) is 102 Å². The zero-order valence-electron chi connectivity index (χ0n) is 15.2. The largest absolute Gasteiger partial charge is 0.444 e. The Morgan fingerprint density at radius 2 is 1.88 bits per heavy atom. The Morgan fingerprint density at radius 1 is 1.23 bits per heavy atom. The number of hydrogen-bond acceptors (Lipinski definition) is 5. The molecule has 0 spiro atoms. The fraction of sp³-hybridized carbons (Fsp3) is 0.474. The molecule has 0 bridgehead atoms. The van der Waals surface area contributed by atoms with E-state index in [2.05, 4.69) is 10.6 Å². The molecule has 1 heterocycles. The fourth-order valence-corrected chi connectivity index (χ4v) is 2.73. The normalized spacial score (nSPS) is 18.7. The van der Waals surface area contributed by atoms with Crippen LogP contribution in [0.3, 0.4) is 0 Å². The van der Waals surface area contributed by atoms with Crippen molar-refractivity contribution in [1.82, 2.24) is 10.6 Å². The first-order valence-corrected chi connectivity index (χ1v) is 8.56. The maximum atomic E-state index is 12.9. The van der Waals surface area contributed by atoms with Gasteiger partial charge in [-0.1, -0.05) is 30.3 Å². The van der Waals surface area contributed by atoms with Gasteiger partial charge in [-0.25, -0.2) is 4.79 Å². The lowest BCUT2D eigenvalue weighted by Gasteiger charge is -2.27. The number of rotatable bonds is 5. The van der Waals surface area contributed by atoms with Gasteiger partial charge in [0.1, 0.15) is 5.60 Å². The molecular weight excluding hydrogens is 336 g/mol. The predicted molar refractivity (Wildman–Crippen MR) is 94.2 cm³/mol. The molecular formula is C19H24N2O5. The number of carbonyl (C=O) groups is 4. The smallest absolute Gasteiger partial charge is 0.408 e. The van der Waals surface area contributed by atoms with Crippen LogP contribution in [0.5, 0.6) is 0 Å². The van der Waals surface area contributed by atoms with Crippen LogP contribution in [0.2, 0.25) is 0 Å². The average Bonchev–Trinajstić information content (AvgIpc) is 2.53. The zero-order valence-corrected chi connectivity index (χ0v) is 15.2. The molecule has 2 rings (SSSR count). The van der Waals surface area contributed by atoms with Gasteiger partial charge in [0.25, 0.3) is 0 Å². The van der Waals surface area contributed by atoms with Crippen molar-refractivity contribution in [3.05, 3.63) is 35.9 Å². The summed E-state index contributed by atoms with van der Waals surface area (Å²) in [7, 11) is 0. The number of nitrogens with one attached hydrogen (secondary N) is 2. The van der Waals surface area contributed by atoms with E-state index in [1.165, 1.54) is 0 Å². The maximum Gasteiger partial charge on any atom is 0.408 e. The van der Waals surface area contributed by atoms with Gasteiger partial charge in [0.05, 0.1) is 12.0 Å². The van der Waals surface area contributed by atoms with Crippen molar-refractivity contribution >= 4 is 23.7 Å². The molecule has 3 amide bonds. The quantitative estimate of drug-likeness (QED) is 0.615. The summed E-state index contributed by atoms with van der Waals surface area (Å²) in [6.45, 7) is 5.17. The van der Waals surface area contributed by atoms with E-state index in [0.717, 1.165) is 5.56 Å². The first kappa shape index (κ1) is 19.6. The summed E-state index contributed by atoms with van der Waals surface area (Å²) in [5.41, 5.74) is 0.133. The van der Waals surface area contributed by atoms with E-state index < -0.39 is 41.3 Å². The second-order valence-corrected chi connectivity index (χ2v) is 7.29. The minimum absolute atomic E-state index is 0.104. The lowest BCUT2D eigenvalue weighted by molar-refractivity contribution is -0.141. The van der Waals surface area contributed by atoms with Gasteiger partial charge in [-0.2, -0.15) is 0 Å². The predicted octanol–water partition coefficient (Wildman–Crippen LogP) is 1.74. The van der Waals surface area contributed by atoms with Gasteiger partial charge in [-0.05, 0) is 39.2 Å². The summed E-state index contributed by atoms with van der Waals surface area (Å²) in [5.74, 6) is -2.39. The number of ketones is 1. The van der Waals surface area contributed by atoms with E-state index in [-0.39, 0.29) is 19.3 Å². The molecule has 7 nitrogen and oxygen atoms in total. The summed E-state index contributed by atoms with van der Waals surface area (Å²) in [4.78, 5) is 48.3. The number of carbonyl (C=O) groups excluding carboxylic acids is 4. The molecule has 1 aromatic carbocycles. The van der Waals surface area contributed by atoms with Crippen LogP contribution in [-0.4, -0.2) is 35.3 Å². The first-order chi connectivity index (χ1) is 12.2. The summed E-state index contributed by atoms with van der Waals surface area (Å²) in [6, 6.07) is 8.26. The number of alkyl carbamates (subject to hydrolysis) is 1. The fourth-order valence-electron chi connectivity index (χ4n) is 2.73. The first-order valence-electron chi connectivity index (χ1n) is 8.56. The summed E-state index contributed by atoms with van der Waals surface area (Å²) < 4.78 is 5.23. The van der Waals surface area contributed by atoms with E-state index >= 15 is 0 Å². The monoisotopic (exact) mass is 360 g/mol. The van der Waals surface area contributed by atoms with E-state index in [9.17, 15) is 19.2 Å².